The summed E-state index contributed by atoms with van der Waals surface area (Å²) in [6.07, 6.45) is 0.992. The van der Waals surface area contributed by atoms with Gasteiger partial charge in [0.1, 0.15) is 6.54 Å². The number of rotatable bonds is 5. The predicted octanol–water partition coefficient (Wildman–Crippen LogP) is 0.999. The maximum atomic E-state index is 12.2. The Kier molecular flexibility index (Phi) is 5.68. The molecule has 0 bridgehead atoms. The van der Waals surface area contributed by atoms with E-state index in [4.69, 9.17) is 0 Å². The van der Waals surface area contributed by atoms with E-state index in [2.05, 4.69) is 28.8 Å². The van der Waals surface area contributed by atoms with Crippen LogP contribution in [-0.2, 0) is 22.6 Å². The molecule has 1 heterocycles. The van der Waals surface area contributed by atoms with Crippen LogP contribution in [0.3, 0.4) is 0 Å². The standard InChI is InChI=1S/C21H25N3O2/c1-15-6-5-7-16(2)21(15)23-19(25)12-22-20(26)14-24-11-10-17-8-3-4-9-18(17)13-24/h3-9H,10-14H2,1-2H3,(H,22,26)(H,23,25)/p+1. The SMILES string of the molecule is Cc1cccc(C)c1NC(=O)CNC(=O)C[NH+]1CCc2ccccc2C1. The third-order valence-corrected chi connectivity index (χ3v) is 4.91. The second kappa shape index (κ2) is 8.15. The number of nitrogens with one attached hydrogen (secondary N) is 3. The molecule has 0 aliphatic carbocycles. The van der Waals surface area contributed by atoms with Crippen molar-refractivity contribution in [2.24, 2.45) is 0 Å². The van der Waals surface area contributed by atoms with Crippen molar-refractivity contribution in [1.29, 1.82) is 0 Å². The number of benzene rings is 2. The van der Waals surface area contributed by atoms with E-state index >= 15 is 0 Å². The van der Waals surface area contributed by atoms with Gasteiger partial charge < -0.3 is 15.5 Å². The van der Waals surface area contributed by atoms with Gasteiger partial charge in [0.25, 0.3) is 5.91 Å². The minimum Gasteiger partial charge on any atom is -0.342 e. The van der Waals surface area contributed by atoms with Crippen molar-refractivity contribution >= 4 is 17.5 Å². The normalized spacial score (nSPS) is 15.8. The third kappa shape index (κ3) is 4.49. The Balaban J connectivity index is 1.46. The lowest BCUT2D eigenvalue weighted by Gasteiger charge is -2.25. The van der Waals surface area contributed by atoms with Gasteiger partial charge >= 0.3 is 0 Å². The molecule has 1 unspecified atom stereocenters. The lowest BCUT2D eigenvalue weighted by atomic mass is 10.00. The maximum absolute atomic E-state index is 12.2. The predicted molar refractivity (Wildman–Crippen MR) is 102 cm³/mol. The molecule has 0 aromatic heterocycles. The summed E-state index contributed by atoms with van der Waals surface area (Å²) in [5, 5.41) is 5.63. The maximum Gasteiger partial charge on any atom is 0.275 e. The van der Waals surface area contributed by atoms with Gasteiger partial charge in [0.05, 0.1) is 13.1 Å². The van der Waals surface area contributed by atoms with Crippen LogP contribution in [-0.4, -0.2) is 31.4 Å². The molecular weight excluding hydrogens is 326 g/mol. The van der Waals surface area contributed by atoms with Gasteiger partial charge in [-0.3, -0.25) is 9.59 Å². The van der Waals surface area contributed by atoms with E-state index in [1.165, 1.54) is 16.0 Å². The molecule has 3 rings (SSSR count). The molecule has 5 heteroatoms. The molecule has 1 aliphatic rings. The van der Waals surface area contributed by atoms with Crippen molar-refractivity contribution in [3.8, 4) is 0 Å². The van der Waals surface area contributed by atoms with Crippen molar-refractivity contribution in [3.63, 3.8) is 0 Å². The van der Waals surface area contributed by atoms with Crippen LogP contribution in [0, 0.1) is 13.8 Å². The molecule has 2 aromatic carbocycles. The zero-order valence-corrected chi connectivity index (χ0v) is 15.4. The molecule has 0 radical (unpaired) electrons. The Hall–Kier alpha value is -2.66. The molecule has 2 amide bonds. The summed E-state index contributed by atoms with van der Waals surface area (Å²) in [6.45, 7) is 6.11. The van der Waals surface area contributed by atoms with Gasteiger partial charge in [-0.25, -0.2) is 0 Å². The Bertz CT molecular complexity index is 796. The number of para-hydroxylation sites is 1. The van der Waals surface area contributed by atoms with E-state index in [1.54, 1.807) is 0 Å². The first kappa shape index (κ1) is 18.1. The second-order valence-electron chi connectivity index (χ2n) is 6.96. The van der Waals surface area contributed by atoms with Gasteiger partial charge in [0, 0.05) is 17.7 Å². The number of hydrogen-bond acceptors (Lipinski definition) is 2. The van der Waals surface area contributed by atoms with Crippen LogP contribution >= 0.6 is 0 Å². The summed E-state index contributed by atoms with van der Waals surface area (Å²) in [5.41, 5.74) is 5.55. The Morgan fingerprint density at radius 2 is 1.65 bits per heavy atom. The molecular formula is C21H26N3O2+. The first-order chi connectivity index (χ1) is 12.5. The molecule has 1 aliphatic heterocycles. The Morgan fingerprint density at radius 3 is 2.38 bits per heavy atom. The monoisotopic (exact) mass is 352 g/mol. The van der Waals surface area contributed by atoms with Gasteiger partial charge in [-0.15, -0.1) is 0 Å². The highest BCUT2D eigenvalue weighted by atomic mass is 16.2. The zero-order chi connectivity index (χ0) is 18.5. The Labute approximate surface area is 154 Å². The molecule has 26 heavy (non-hydrogen) atoms. The Morgan fingerprint density at radius 1 is 0.962 bits per heavy atom. The average molecular weight is 352 g/mol. The fourth-order valence-corrected chi connectivity index (χ4v) is 3.46. The third-order valence-electron chi connectivity index (χ3n) is 4.91. The zero-order valence-electron chi connectivity index (χ0n) is 15.4. The molecule has 0 saturated carbocycles. The summed E-state index contributed by atoms with van der Waals surface area (Å²) in [4.78, 5) is 25.6. The highest BCUT2D eigenvalue weighted by molar-refractivity contribution is 5.95. The van der Waals surface area contributed by atoms with E-state index in [0.29, 0.717) is 6.54 Å². The lowest BCUT2D eigenvalue weighted by molar-refractivity contribution is -0.908. The van der Waals surface area contributed by atoms with Crippen LogP contribution < -0.4 is 15.5 Å². The van der Waals surface area contributed by atoms with Crippen LogP contribution in [0.15, 0.2) is 42.5 Å². The molecule has 5 nitrogen and oxygen atoms in total. The van der Waals surface area contributed by atoms with Crippen molar-refractivity contribution in [2.75, 3.05) is 25.0 Å². The summed E-state index contributed by atoms with van der Waals surface area (Å²) in [7, 11) is 0. The number of carbonyl (C=O) groups excluding carboxylic acids is 2. The molecule has 0 fully saturated rings. The first-order valence-corrected chi connectivity index (χ1v) is 9.06. The summed E-state index contributed by atoms with van der Waals surface area (Å²) < 4.78 is 0. The van der Waals surface area contributed by atoms with E-state index in [-0.39, 0.29) is 18.4 Å². The number of carbonyl (C=O) groups is 2. The number of anilines is 1. The van der Waals surface area contributed by atoms with E-state index in [0.717, 1.165) is 36.3 Å². The van der Waals surface area contributed by atoms with Crippen LogP contribution in [0.5, 0.6) is 0 Å². The number of hydrogen-bond donors (Lipinski definition) is 3. The lowest BCUT2D eigenvalue weighted by Crippen LogP contribution is -3.12. The van der Waals surface area contributed by atoms with E-state index in [9.17, 15) is 9.59 Å². The van der Waals surface area contributed by atoms with E-state index < -0.39 is 0 Å². The number of amides is 2. The molecule has 0 spiro atoms. The molecule has 1 atom stereocenters. The molecule has 136 valence electrons. The fraction of sp³-hybridized carbons (Fsp3) is 0.333. The number of aryl methyl sites for hydroxylation is 2. The van der Waals surface area contributed by atoms with Crippen molar-refractivity contribution in [1.82, 2.24) is 5.32 Å². The van der Waals surface area contributed by atoms with Gasteiger partial charge in [-0.2, -0.15) is 0 Å². The first-order valence-electron chi connectivity index (χ1n) is 9.06. The van der Waals surface area contributed by atoms with Gasteiger partial charge in [0.15, 0.2) is 6.54 Å². The smallest absolute Gasteiger partial charge is 0.275 e. The van der Waals surface area contributed by atoms with Crippen LogP contribution in [0.1, 0.15) is 22.3 Å². The second-order valence-corrected chi connectivity index (χ2v) is 6.96. The summed E-state index contributed by atoms with van der Waals surface area (Å²) >= 11 is 0. The quantitative estimate of drug-likeness (QED) is 0.752. The fourth-order valence-electron chi connectivity index (χ4n) is 3.46. The van der Waals surface area contributed by atoms with Gasteiger partial charge in [-0.1, -0.05) is 42.5 Å². The number of quaternary nitrogens is 1. The van der Waals surface area contributed by atoms with E-state index in [1.807, 2.05) is 38.1 Å². The topological polar surface area (TPSA) is 62.6 Å². The highest BCUT2D eigenvalue weighted by Crippen LogP contribution is 2.18. The highest BCUT2D eigenvalue weighted by Gasteiger charge is 2.21. The average Bonchev–Trinajstić information content (AvgIpc) is 2.63. The summed E-state index contributed by atoms with van der Waals surface area (Å²) in [6, 6.07) is 14.3. The van der Waals surface area contributed by atoms with Gasteiger partial charge in [-0.05, 0) is 30.5 Å². The summed E-state index contributed by atoms with van der Waals surface area (Å²) in [5.74, 6) is -0.286. The minimum atomic E-state index is -0.199. The van der Waals surface area contributed by atoms with Crippen LogP contribution in [0.2, 0.25) is 0 Å². The molecule has 3 N–H and O–H groups in total. The van der Waals surface area contributed by atoms with Crippen LogP contribution in [0.25, 0.3) is 0 Å². The minimum absolute atomic E-state index is 0.00350. The largest absolute Gasteiger partial charge is 0.342 e. The van der Waals surface area contributed by atoms with Crippen molar-refractivity contribution in [2.45, 2.75) is 26.8 Å². The molecule has 2 aromatic rings. The van der Waals surface area contributed by atoms with Crippen molar-refractivity contribution < 1.29 is 14.5 Å². The van der Waals surface area contributed by atoms with Crippen molar-refractivity contribution in [3.05, 3.63) is 64.7 Å². The van der Waals surface area contributed by atoms with Crippen LogP contribution in [0.4, 0.5) is 5.69 Å². The number of fused-ring (bicyclic) bond motifs is 1. The molecule has 0 saturated heterocycles. The van der Waals surface area contributed by atoms with Gasteiger partial charge in [0.2, 0.25) is 5.91 Å².